The minimum Gasteiger partial charge on any atom is -0.397 e. The number of hydrogen-bond donors (Lipinski definition) is 2. The topological polar surface area (TPSA) is 52.0 Å². The molecule has 2 nitrogen and oxygen atoms in total. The van der Waals surface area contributed by atoms with Crippen molar-refractivity contribution in [2.24, 2.45) is 0 Å². The van der Waals surface area contributed by atoms with Crippen molar-refractivity contribution < 1.29 is 0 Å². The maximum atomic E-state index is 5.58. The molecule has 1 rings (SSSR count). The summed E-state index contributed by atoms with van der Waals surface area (Å²) in [5.74, 6) is 0. The van der Waals surface area contributed by atoms with Crippen LogP contribution in [0.1, 0.15) is 0 Å². The molecule has 0 aliphatic rings. The number of benzene rings is 1. The molecule has 0 aromatic heterocycles. The van der Waals surface area contributed by atoms with E-state index in [1.165, 1.54) is 0 Å². The summed E-state index contributed by atoms with van der Waals surface area (Å²) in [7, 11) is 0. The Hall–Kier alpha value is 0.0300. The van der Waals surface area contributed by atoms with Crippen molar-refractivity contribution >= 4 is 49.9 Å². The molecule has 0 amide bonds. The molecule has 4 N–H and O–H groups in total. The van der Waals surface area contributed by atoms with Crippen LogP contribution in [0, 0.1) is 3.57 Å². The fraction of sp³-hybridized carbons (Fsp3) is 0. The second-order valence-electron chi connectivity index (χ2n) is 1.89. The van der Waals surface area contributed by atoms with Crippen LogP contribution in [-0.2, 0) is 0 Å². The summed E-state index contributed by atoms with van der Waals surface area (Å²) < 4.78 is 1.94. The van der Waals surface area contributed by atoms with Crippen LogP contribution in [0.15, 0.2) is 16.6 Å². The van der Waals surface area contributed by atoms with Crippen LogP contribution < -0.4 is 11.5 Å². The predicted molar refractivity (Wildman–Crippen MR) is 55.7 cm³/mol. The fourth-order valence-electron chi connectivity index (χ4n) is 0.605. The summed E-state index contributed by atoms with van der Waals surface area (Å²) in [6, 6.07) is 3.76. The second-order valence-corrected chi connectivity index (χ2v) is 3.99. The van der Waals surface area contributed by atoms with Crippen LogP contribution in [0.5, 0.6) is 0 Å². The third-order valence-corrected chi connectivity index (χ3v) is 2.41. The van der Waals surface area contributed by atoms with Gasteiger partial charge >= 0.3 is 0 Å². The fourth-order valence-corrected chi connectivity index (χ4v) is 2.16. The number of halogens is 2. The monoisotopic (exact) mass is 312 g/mol. The van der Waals surface area contributed by atoms with Gasteiger partial charge in [0, 0.05) is 8.04 Å². The van der Waals surface area contributed by atoms with Crippen LogP contribution in [0.2, 0.25) is 0 Å². The molecule has 0 bridgehead atoms. The summed E-state index contributed by atoms with van der Waals surface area (Å²) in [5, 5.41) is 0. The SMILES string of the molecule is Nc1cc(I)cc(Br)c1N. The summed E-state index contributed by atoms with van der Waals surface area (Å²) in [6.45, 7) is 0. The molecule has 54 valence electrons. The minimum absolute atomic E-state index is 0.611. The van der Waals surface area contributed by atoms with Gasteiger partial charge in [0.1, 0.15) is 0 Å². The van der Waals surface area contributed by atoms with Gasteiger partial charge in [0.15, 0.2) is 0 Å². The summed E-state index contributed by atoms with van der Waals surface area (Å²) in [4.78, 5) is 0. The lowest BCUT2D eigenvalue weighted by molar-refractivity contribution is 1.58. The van der Waals surface area contributed by atoms with Gasteiger partial charge in [0.05, 0.1) is 11.4 Å². The first kappa shape index (κ1) is 8.13. The lowest BCUT2D eigenvalue weighted by atomic mass is 10.3. The Labute approximate surface area is 81.2 Å². The van der Waals surface area contributed by atoms with Gasteiger partial charge in [0.25, 0.3) is 0 Å². The Balaban J connectivity index is 3.31. The molecular weight excluding hydrogens is 307 g/mol. The molecule has 1 aromatic rings. The third-order valence-electron chi connectivity index (χ3n) is 1.13. The summed E-state index contributed by atoms with van der Waals surface area (Å²) >= 11 is 5.47. The van der Waals surface area contributed by atoms with Gasteiger partial charge < -0.3 is 11.5 Å². The molecule has 4 heteroatoms. The minimum atomic E-state index is 0.611. The quantitative estimate of drug-likeness (QED) is 0.570. The van der Waals surface area contributed by atoms with Crippen LogP contribution in [0.3, 0.4) is 0 Å². The largest absolute Gasteiger partial charge is 0.397 e. The van der Waals surface area contributed by atoms with Crippen molar-refractivity contribution in [3.63, 3.8) is 0 Å². The van der Waals surface area contributed by atoms with Crippen LogP contribution in [-0.4, -0.2) is 0 Å². The first-order valence-electron chi connectivity index (χ1n) is 2.61. The van der Waals surface area contributed by atoms with Crippen molar-refractivity contribution in [1.29, 1.82) is 0 Å². The highest BCUT2D eigenvalue weighted by atomic mass is 127. The van der Waals surface area contributed by atoms with Crippen molar-refractivity contribution in [1.82, 2.24) is 0 Å². The van der Waals surface area contributed by atoms with Gasteiger partial charge in [0.2, 0.25) is 0 Å². The van der Waals surface area contributed by atoms with Crippen molar-refractivity contribution in [3.05, 3.63) is 20.2 Å². The van der Waals surface area contributed by atoms with Crippen molar-refractivity contribution in [2.45, 2.75) is 0 Å². The third kappa shape index (κ3) is 1.54. The average Bonchev–Trinajstić information content (AvgIpc) is 1.82. The van der Waals surface area contributed by atoms with E-state index in [9.17, 15) is 0 Å². The molecule has 0 aliphatic heterocycles. The lowest BCUT2D eigenvalue weighted by Gasteiger charge is -2.02. The second kappa shape index (κ2) is 2.96. The molecule has 10 heavy (non-hydrogen) atoms. The number of anilines is 2. The highest BCUT2D eigenvalue weighted by Crippen LogP contribution is 2.27. The van der Waals surface area contributed by atoms with E-state index in [1.807, 2.05) is 12.1 Å². The zero-order chi connectivity index (χ0) is 7.72. The molecule has 0 aliphatic carbocycles. The number of hydrogen-bond acceptors (Lipinski definition) is 2. The van der Waals surface area contributed by atoms with E-state index >= 15 is 0 Å². The smallest absolute Gasteiger partial charge is 0.0692 e. The zero-order valence-corrected chi connectivity index (χ0v) is 8.81. The Morgan fingerprint density at radius 3 is 2.40 bits per heavy atom. The Bertz CT molecular complexity index is 239. The molecule has 0 spiro atoms. The standard InChI is InChI=1S/C6H6BrIN2/c7-4-1-3(8)2-5(9)6(4)10/h1-2H,9-10H2. The summed E-state index contributed by atoms with van der Waals surface area (Å²) in [6.07, 6.45) is 0. The maximum Gasteiger partial charge on any atom is 0.0692 e. The molecule has 0 fully saturated rings. The van der Waals surface area contributed by atoms with Crippen LogP contribution >= 0.6 is 38.5 Å². The van der Waals surface area contributed by atoms with E-state index in [0.717, 1.165) is 8.04 Å². The van der Waals surface area contributed by atoms with Gasteiger partial charge in [-0.3, -0.25) is 0 Å². The highest BCUT2D eigenvalue weighted by Gasteiger charge is 2.00. The molecule has 0 saturated carbocycles. The first-order chi connectivity index (χ1) is 4.61. The van der Waals surface area contributed by atoms with E-state index in [-0.39, 0.29) is 0 Å². The van der Waals surface area contributed by atoms with E-state index in [0.29, 0.717) is 11.4 Å². The van der Waals surface area contributed by atoms with Gasteiger partial charge in [-0.15, -0.1) is 0 Å². The van der Waals surface area contributed by atoms with E-state index in [1.54, 1.807) is 0 Å². The molecule has 0 unspecified atom stereocenters. The number of rotatable bonds is 0. The number of nitrogens with two attached hydrogens (primary N) is 2. The Kier molecular flexibility index (Phi) is 2.40. The normalized spacial score (nSPS) is 9.80. The molecule has 0 heterocycles. The molecule has 0 saturated heterocycles. The van der Waals surface area contributed by atoms with E-state index in [4.69, 9.17) is 11.5 Å². The lowest BCUT2D eigenvalue weighted by Crippen LogP contribution is -1.95. The Morgan fingerprint density at radius 2 is 1.90 bits per heavy atom. The van der Waals surface area contributed by atoms with E-state index in [2.05, 4.69) is 38.5 Å². The predicted octanol–water partition coefficient (Wildman–Crippen LogP) is 2.22. The molecular formula is C6H6BrIN2. The first-order valence-corrected chi connectivity index (χ1v) is 4.48. The van der Waals surface area contributed by atoms with Gasteiger partial charge in [-0.1, -0.05) is 0 Å². The van der Waals surface area contributed by atoms with Crippen molar-refractivity contribution in [3.8, 4) is 0 Å². The van der Waals surface area contributed by atoms with Crippen LogP contribution in [0.25, 0.3) is 0 Å². The summed E-state index contributed by atoms with van der Waals surface area (Å²) in [5.41, 5.74) is 12.4. The molecule has 0 atom stereocenters. The zero-order valence-electron chi connectivity index (χ0n) is 5.07. The van der Waals surface area contributed by atoms with Crippen LogP contribution in [0.4, 0.5) is 11.4 Å². The van der Waals surface area contributed by atoms with Crippen molar-refractivity contribution in [2.75, 3.05) is 11.5 Å². The highest BCUT2D eigenvalue weighted by molar-refractivity contribution is 14.1. The van der Waals surface area contributed by atoms with Gasteiger partial charge in [-0.25, -0.2) is 0 Å². The Morgan fingerprint density at radius 1 is 1.30 bits per heavy atom. The van der Waals surface area contributed by atoms with E-state index < -0.39 is 0 Å². The number of nitrogen functional groups attached to an aromatic ring is 2. The maximum absolute atomic E-state index is 5.58. The molecule has 1 aromatic carbocycles. The van der Waals surface area contributed by atoms with Gasteiger partial charge in [-0.2, -0.15) is 0 Å². The average molecular weight is 313 g/mol. The van der Waals surface area contributed by atoms with Gasteiger partial charge in [-0.05, 0) is 50.7 Å². The molecule has 0 radical (unpaired) electrons.